The van der Waals surface area contributed by atoms with Crippen LogP contribution in [-0.2, 0) is 0 Å². The largest absolute Gasteiger partial charge is 0.370 e. The van der Waals surface area contributed by atoms with Gasteiger partial charge in [0.25, 0.3) is 0 Å². The fraction of sp³-hybridized carbons (Fsp3) is 0.290. The van der Waals surface area contributed by atoms with Crippen molar-refractivity contribution in [1.29, 1.82) is 0 Å². The minimum absolute atomic E-state index is 0.134. The van der Waals surface area contributed by atoms with Crippen LogP contribution < -0.4 is 15.1 Å². The van der Waals surface area contributed by atoms with Crippen LogP contribution >= 0.6 is 39.7 Å². The van der Waals surface area contributed by atoms with Gasteiger partial charge in [-0.15, -0.1) is 0 Å². The molecule has 0 spiro atoms. The maximum absolute atomic E-state index is 7.00. The predicted octanol–water partition coefficient (Wildman–Crippen LogP) is 7.95. The molecule has 0 radical (unpaired) electrons. The van der Waals surface area contributed by atoms with Crippen molar-refractivity contribution < 1.29 is 0 Å². The number of anilines is 2. The van der Waals surface area contributed by atoms with Gasteiger partial charge in [-0.3, -0.25) is 4.98 Å². The van der Waals surface area contributed by atoms with Crippen molar-refractivity contribution in [3.8, 4) is 5.69 Å². The van der Waals surface area contributed by atoms with E-state index in [4.69, 9.17) is 28.8 Å². The number of rotatable bonds is 5. The van der Waals surface area contributed by atoms with Crippen molar-refractivity contribution >= 4 is 56.2 Å². The number of piperidine rings is 1. The third-order valence-electron chi connectivity index (χ3n) is 7.71. The molecule has 1 N–H and O–H groups in total. The van der Waals surface area contributed by atoms with E-state index in [9.17, 15) is 0 Å². The third-order valence-corrected chi connectivity index (χ3v) is 8.85. The van der Waals surface area contributed by atoms with Crippen LogP contribution in [0.15, 0.2) is 89.7 Å². The molecule has 5 nitrogen and oxygen atoms in total. The number of thiocarbonyl (C=S) groups is 1. The Morgan fingerprint density at radius 1 is 0.949 bits per heavy atom. The summed E-state index contributed by atoms with van der Waals surface area (Å²) in [5, 5.41) is 4.98. The van der Waals surface area contributed by atoms with E-state index in [1.54, 1.807) is 0 Å². The normalized spacial score (nSPS) is 23.2. The van der Waals surface area contributed by atoms with Gasteiger partial charge in [-0.25, -0.2) is 0 Å². The predicted molar refractivity (Wildman–Crippen MR) is 168 cm³/mol. The summed E-state index contributed by atoms with van der Waals surface area (Å²) in [4.78, 5) is 9.33. The summed E-state index contributed by atoms with van der Waals surface area (Å²) in [7, 11) is 0. The number of nitrogens with zero attached hydrogens (tertiary/aromatic N) is 4. The molecule has 2 fully saturated rings. The van der Waals surface area contributed by atoms with Gasteiger partial charge in [0.05, 0.1) is 22.4 Å². The standard InChI is InChI=1S/C31H31BrClN5S/c1-20-16-21(2)19-36(18-20)27-13-12-24(17-25(27)33)38-30(29(35-31(38)39)26-6-3-4-14-34-26)28-7-5-15-37(28)23-10-8-22(32)9-11-23/h3-15,17,20-21,29-30H,16,18-19H2,1-2H3,(H,35,39)/t20-,21+,29-,30+/m0/s1. The first-order chi connectivity index (χ1) is 18.9. The van der Waals surface area contributed by atoms with Crippen molar-refractivity contribution in [2.45, 2.75) is 32.4 Å². The molecule has 2 saturated heterocycles. The number of halogens is 2. The highest BCUT2D eigenvalue weighted by atomic mass is 79.9. The average Bonchev–Trinajstić information content (AvgIpc) is 3.53. The monoisotopic (exact) mass is 619 g/mol. The summed E-state index contributed by atoms with van der Waals surface area (Å²) in [6.45, 7) is 6.70. The van der Waals surface area contributed by atoms with Crippen LogP contribution in [0.3, 0.4) is 0 Å². The smallest absolute Gasteiger partial charge is 0.174 e. The fourth-order valence-corrected chi connectivity index (χ4v) is 7.07. The van der Waals surface area contributed by atoms with Crippen molar-refractivity contribution in [1.82, 2.24) is 14.9 Å². The summed E-state index contributed by atoms with van der Waals surface area (Å²) in [5.74, 6) is 1.30. The highest BCUT2D eigenvalue weighted by Crippen LogP contribution is 2.44. The molecule has 6 rings (SSSR count). The Balaban J connectivity index is 1.42. The summed E-state index contributed by atoms with van der Waals surface area (Å²) >= 11 is 16.5. The molecule has 0 aliphatic carbocycles. The number of pyridine rings is 1. The minimum Gasteiger partial charge on any atom is -0.370 e. The molecule has 39 heavy (non-hydrogen) atoms. The SMILES string of the molecule is C[C@@H]1C[C@H](C)CN(c2ccc(N3C(=S)N[C@@H](c4ccccn4)[C@H]3c3cccn3-c3ccc(Br)cc3)cc2Cl)C1. The first-order valence-corrected chi connectivity index (χ1v) is 15.0. The maximum atomic E-state index is 7.00. The Morgan fingerprint density at radius 2 is 1.69 bits per heavy atom. The van der Waals surface area contributed by atoms with Crippen LogP contribution in [0, 0.1) is 11.8 Å². The van der Waals surface area contributed by atoms with E-state index in [1.165, 1.54) is 6.42 Å². The molecule has 4 atom stereocenters. The zero-order chi connectivity index (χ0) is 27.1. The maximum Gasteiger partial charge on any atom is 0.174 e. The topological polar surface area (TPSA) is 36.3 Å². The molecule has 200 valence electrons. The Kier molecular flexibility index (Phi) is 7.40. The molecule has 0 bridgehead atoms. The van der Waals surface area contributed by atoms with Gasteiger partial charge in [0.2, 0.25) is 0 Å². The van der Waals surface area contributed by atoms with Gasteiger partial charge in [0.1, 0.15) is 6.04 Å². The van der Waals surface area contributed by atoms with Crippen molar-refractivity contribution in [3.63, 3.8) is 0 Å². The molecule has 0 saturated carbocycles. The highest BCUT2D eigenvalue weighted by molar-refractivity contribution is 9.10. The van der Waals surface area contributed by atoms with Crippen LogP contribution in [0.1, 0.15) is 43.7 Å². The van der Waals surface area contributed by atoms with Crippen LogP contribution in [0.4, 0.5) is 11.4 Å². The Bertz CT molecular complexity index is 1460. The van der Waals surface area contributed by atoms with Gasteiger partial charge in [-0.1, -0.05) is 47.4 Å². The van der Waals surface area contributed by atoms with Crippen molar-refractivity contribution in [2.24, 2.45) is 11.8 Å². The zero-order valence-corrected chi connectivity index (χ0v) is 25.1. The summed E-state index contributed by atoms with van der Waals surface area (Å²) in [6, 6.07) is 24.7. The summed E-state index contributed by atoms with van der Waals surface area (Å²) in [5.41, 5.74) is 5.19. The molecule has 0 unspecified atom stereocenters. The van der Waals surface area contributed by atoms with Gasteiger partial charge < -0.3 is 19.7 Å². The lowest BCUT2D eigenvalue weighted by Crippen LogP contribution is -2.38. The quantitative estimate of drug-likeness (QED) is 0.229. The Hall–Kier alpha value is -2.87. The first kappa shape index (κ1) is 26.4. The second-order valence-electron chi connectivity index (χ2n) is 10.8. The third kappa shape index (κ3) is 5.20. The van der Waals surface area contributed by atoms with E-state index < -0.39 is 0 Å². The lowest BCUT2D eigenvalue weighted by atomic mass is 9.91. The molecular formula is C31H31BrClN5S. The van der Waals surface area contributed by atoms with Gasteiger partial charge in [-0.05, 0) is 97.2 Å². The van der Waals surface area contributed by atoms with Gasteiger partial charge in [0, 0.05) is 47.0 Å². The van der Waals surface area contributed by atoms with Gasteiger partial charge >= 0.3 is 0 Å². The van der Waals surface area contributed by atoms with Crippen LogP contribution in [0.5, 0.6) is 0 Å². The molecule has 2 aromatic heterocycles. The minimum atomic E-state index is -0.136. The highest BCUT2D eigenvalue weighted by Gasteiger charge is 2.42. The molecule has 4 heterocycles. The molecule has 2 aliphatic heterocycles. The van der Waals surface area contributed by atoms with Crippen molar-refractivity contribution in [2.75, 3.05) is 22.9 Å². The van der Waals surface area contributed by atoms with E-state index in [0.29, 0.717) is 16.9 Å². The second-order valence-corrected chi connectivity index (χ2v) is 12.5. The average molecular weight is 621 g/mol. The Morgan fingerprint density at radius 3 is 2.38 bits per heavy atom. The summed E-state index contributed by atoms with van der Waals surface area (Å²) < 4.78 is 3.27. The molecular weight excluding hydrogens is 590 g/mol. The number of hydrogen-bond donors (Lipinski definition) is 1. The van der Waals surface area contributed by atoms with Crippen LogP contribution in [-0.4, -0.2) is 27.8 Å². The zero-order valence-electron chi connectivity index (χ0n) is 22.0. The van der Waals surface area contributed by atoms with Gasteiger partial charge in [-0.2, -0.15) is 0 Å². The second kappa shape index (κ2) is 11.0. The van der Waals surface area contributed by atoms with Crippen molar-refractivity contribution in [3.05, 3.63) is 106 Å². The lowest BCUT2D eigenvalue weighted by molar-refractivity contribution is 0.357. The number of hydrogen-bond acceptors (Lipinski definition) is 3. The van der Waals surface area contributed by atoms with Crippen LogP contribution in [0.2, 0.25) is 5.02 Å². The number of benzene rings is 2. The van der Waals surface area contributed by atoms with E-state index in [1.807, 2.05) is 18.3 Å². The van der Waals surface area contributed by atoms with Crippen LogP contribution in [0.25, 0.3) is 5.69 Å². The molecule has 4 aromatic rings. The Labute approximate surface area is 248 Å². The van der Waals surface area contributed by atoms with E-state index in [2.05, 4.69) is 116 Å². The molecule has 2 aliphatic rings. The summed E-state index contributed by atoms with van der Waals surface area (Å²) in [6.07, 6.45) is 5.19. The molecule has 0 amide bonds. The van der Waals surface area contributed by atoms with E-state index >= 15 is 0 Å². The number of aromatic nitrogens is 2. The van der Waals surface area contributed by atoms with E-state index in [0.717, 1.165) is 51.0 Å². The van der Waals surface area contributed by atoms with E-state index in [-0.39, 0.29) is 12.1 Å². The van der Waals surface area contributed by atoms with Gasteiger partial charge in [0.15, 0.2) is 5.11 Å². The fourth-order valence-electron chi connectivity index (χ4n) is 6.17. The molecule has 8 heteroatoms. The molecule has 2 aromatic carbocycles. The lowest BCUT2D eigenvalue weighted by Gasteiger charge is -2.37. The number of nitrogens with one attached hydrogen (secondary N) is 1. The first-order valence-electron chi connectivity index (χ1n) is 13.4.